The van der Waals surface area contributed by atoms with Gasteiger partial charge in [-0.05, 0) is 42.4 Å². The first kappa shape index (κ1) is 18.8. The first-order chi connectivity index (χ1) is 11.9. The van der Waals surface area contributed by atoms with Gasteiger partial charge in [0, 0.05) is 5.69 Å². The van der Waals surface area contributed by atoms with Crippen molar-refractivity contribution in [1.82, 2.24) is 4.72 Å². The molecule has 0 amide bonds. The van der Waals surface area contributed by atoms with E-state index in [1.165, 1.54) is 7.05 Å². The van der Waals surface area contributed by atoms with Crippen LogP contribution in [0.5, 0.6) is 5.75 Å². The molecule has 0 aliphatic heterocycles. The van der Waals surface area contributed by atoms with Gasteiger partial charge in [0.15, 0.2) is 5.96 Å². The van der Waals surface area contributed by atoms with Crippen LogP contribution in [0.25, 0.3) is 0 Å². The molecule has 0 saturated heterocycles. The molecule has 0 aliphatic rings. The van der Waals surface area contributed by atoms with Crippen molar-refractivity contribution in [2.24, 2.45) is 10.7 Å². The third-order valence-electron chi connectivity index (χ3n) is 3.49. The van der Waals surface area contributed by atoms with Crippen LogP contribution in [0.2, 0.25) is 0 Å². The number of nitrogens with one attached hydrogen (secondary N) is 2. The fraction of sp³-hybridized carbons (Fsp3) is 0.235. The van der Waals surface area contributed by atoms with E-state index in [0.29, 0.717) is 18.1 Å². The number of guanidine groups is 1. The number of methoxy groups -OCH3 is 1. The Morgan fingerprint density at radius 1 is 1.08 bits per heavy atom. The maximum Gasteiger partial charge on any atom is 0.215 e. The molecule has 0 aliphatic carbocycles. The van der Waals surface area contributed by atoms with Gasteiger partial charge in [-0.1, -0.05) is 24.3 Å². The number of rotatable bonds is 7. The highest BCUT2D eigenvalue weighted by atomic mass is 32.2. The standard InChI is InChI=1S/C17H22N4O3S/c1-19-25(22,23)12-14-5-3-13(4-6-14)11-20-17(18)21-15-7-9-16(24-2)10-8-15/h3-10,19H,11-12H2,1-2H3,(H3,18,20,21). The number of anilines is 1. The van der Waals surface area contributed by atoms with Gasteiger partial charge in [-0.25, -0.2) is 18.1 Å². The molecule has 25 heavy (non-hydrogen) atoms. The average Bonchev–Trinajstić information content (AvgIpc) is 2.61. The van der Waals surface area contributed by atoms with E-state index < -0.39 is 10.0 Å². The number of nitrogens with zero attached hydrogens (tertiary/aromatic N) is 1. The van der Waals surface area contributed by atoms with Crippen LogP contribution in [0.4, 0.5) is 5.69 Å². The summed E-state index contributed by atoms with van der Waals surface area (Å²) in [6, 6.07) is 14.6. The summed E-state index contributed by atoms with van der Waals surface area (Å²) in [5.74, 6) is 1.02. The van der Waals surface area contributed by atoms with Crippen LogP contribution in [-0.4, -0.2) is 28.5 Å². The molecule has 0 unspecified atom stereocenters. The molecule has 2 aromatic carbocycles. The average molecular weight is 362 g/mol. The quantitative estimate of drug-likeness (QED) is 0.513. The molecule has 8 heteroatoms. The lowest BCUT2D eigenvalue weighted by Gasteiger charge is -2.07. The van der Waals surface area contributed by atoms with Gasteiger partial charge in [-0.2, -0.15) is 0 Å². The van der Waals surface area contributed by atoms with Crippen LogP contribution in [0.3, 0.4) is 0 Å². The van der Waals surface area contributed by atoms with E-state index in [1.807, 2.05) is 36.4 Å². The van der Waals surface area contributed by atoms with Crippen LogP contribution >= 0.6 is 0 Å². The molecule has 0 aromatic heterocycles. The molecule has 0 atom stereocenters. The predicted molar refractivity (Wildman–Crippen MR) is 100 cm³/mol. The molecule has 0 fully saturated rings. The summed E-state index contributed by atoms with van der Waals surface area (Å²) in [4.78, 5) is 4.27. The molecule has 0 saturated carbocycles. The van der Waals surface area contributed by atoms with Crippen molar-refractivity contribution in [2.45, 2.75) is 12.3 Å². The smallest absolute Gasteiger partial charge is 0.215 e. The number of aliphatic imine (C=N–C) groups is 1. The molecular weight excluding hydrogens is 340 g/mol. The molecule has 0 spiro atoms. The van der Waals surface area contributed by atoms with Gasteiger partial charge >= 0.3 is 0 Å². The van der Waals surface area contributed by atoms with Crippen molar-refractivity contribution >= 4 is 21.7 Å². The first-order valence-corrected chi connectivity index (χ1v) is 9.27. The lowest BCUT2D eigenvalue weighted by molar-refractivity contribution is 0.415. The Bertz CT molecular complexity index is 816. The van der Waals surface area contributed by atoms with Crippen molar-refractivity contribution in [3.05, 3.63) is 59.7 Å². The zero-order valence-electron chi connectivity index (χ0n) is 14.2. The highest BCUT2D eigenvalue weighted by Crippen LogP contribution is 2.14. The minimum atomic E-state index is -3.27. The Balaban J connectivity index is 1.93. The molecule has 0 radical (unpaired) electrons. The van der Waals surface area contributed by atoms with Crippen molar-refractivity contribution in [1.29, 1.82) is 0 Å². The van der Waals surface area contributed by atoms with Gasteiger partial charge in [0.1, 0.15) is 5.75 Å². The molecule has 0 bridgehead atoms. The second kappa shape index (κ2) is 8.50. The number of nitrogens with two attached hydrogens (primary N) is 1. The maximum absolute atomic E-state index is 11.5. The Morgan fingerprint density at radius 2 is 1.68 bits per heavy atom. The van der Waals surface area contributed by atoms with E-state index in [2.05, 4.69) is 15.0 Å². The Hall–Kier alpha value is -2.58. The molecular formula is C17H22N4O3S. The zero-order chi connectivity index (χ0) is 18.3. The van der Waals surface area contributed by atoms with Gasteiger partial charge in [0.25, 0.3) is 0 Å². The van der Waals surface area contributed by atoms with E-state index in [-0.39, 0.29) is 5.75 Å². The van der Waals surface area contributed by atoms with Crippen molar-refractivity contribution in [2.75, 3.05) is 19.5 Å². The van der Waals surface area contributed by atoms with Crippen molar-refractivity contribution < 1.29 is 13.2 Å². The summed E-state index contributed by atoms with van der Waals surface area (Å²) in [6.45, 7) is 0.397. The highest BCUT2D eigenvalue weighted by Gasteiger charge is 2.08. The monoisotopic (exact) mass is 362 g/mol. The first-order valence-electron chi connectivity index (χ1n) is 7.62. The minimum Gasteiger partial charge on any atom is -0.497 e. The summed E-state index contributed by atoms with van der Waals surface area (Å²) in [5, 5.41) is 3.00. The third kappa shape index (κ3) is 6.09. The van der Waals surface area contributed by atoms with Crippen molar-refractivity contribution in [3.8, 4) is 5.75 Å². The lowest BCUT2D eigenvalue weighted by Crippen LogP contribution is -2.22. The predicted octanol–water partition coefficient (Wildman–Crippen LogP) is 1.67. The molecule has 0 heterocycles. The summed E-state index contributed by atoms with van der Waals surface area (Å²) >= 11 is 0. The summed E-state index contributed by atoms with van der Waals surface area (Å²) < 4.78 is 30.4. The van der Waals surface area contributed by atoms with Gasteiger partial charge in [-0.3, -0.25) is 0 Å². The van der Waals surface area contributed by atoms with Gasteiger partial charge in [-0.15, -0.1) is 0 Å². The summed E-state index contributed by atoms with van der Waals surface area (Å²) in [7, 11) is -0.259. The summed E-state index contributed by atoms with van der Waals surface area (Å²) in [5.41, 5.74) is 8.34. The molecule has 134 valence electrons. The SMILES string of the molecule is CNS(=O)(=O)Cc1ccc(CN=C(N)Nc2ccc(OC)cc2)cc1. The fourth-order valence-corrected chi connectivity index (χ4v) is 2.85. The Kier molecular flexibility index (Phi) is 6.37. The number of hydrogen-bond acceptors (Lipinski definition) is 4. The lowest BCUT2D eigenvalue weighted by atomic mass is 10.1. The topological polar surface area (TPSA) is 106 Å². The largest absolute Gasteiger partial charge is 0.497 e. The van der Waals surface area contributed by atoms with Crippen LogP contribution in [0, 0.1) is 0 Å². The summed E-state index contributed by atoms with van der Waals surface area (Å²) in [6.07, 6.45) is 0. The van der Waals surface area contributed by atoms with Crippen LogP contribution in [0.1, 0.15) is 11.1 Å². The molecule has 4 N–H and O–H groups in total. The fourth-order valence-electron chi connectivity index (χ4n) is 2.07. The van der Waals surface area contributed by atoms with Gasteiger partial charge in [0.05, 0.1) is 19.4 Å². The Morgan fingerprint density at radius 3 is 2.24 bits per heavy atom. The molecule has 7 nitrogen and oxygen atoms in total. The number of ether oxygens (including phenoxy) is 1. The van der Waals surface area contributed by atoms with E-state index >= 15 is 0 Å². The van der Waals surface area contributed by atoms with Crippen molar-refractivity contribution in [3.63, 3.8) is 0 Å². The van der Waals surface area contributed by atoms with E-state index in [4.69, 9.17) is 10.5 Å². The minimum absolute atomic E-state index is 0.0474. The van der Waals surface area contributed by atoms with Crippen LogP contribution in [-0.2, 0) is 22.3 Å². The number of benzene rings is 2. The highest BCUT2D eigenvalue weighted by molar-refractivity contribution is 7.88. The molecule has 2 aromatic rings. The van der Waals surface area contributed by atoms with Gasteiger partial charge in [0.2, 0.25) is 10.0 Å². The van der Waals surface area contributed by atoms with Gasteiger partial charge < -0.3 is 15.8 Å². The number of sulfonamides is 1. The maximum atomic E-state index is 11.5. The van der Waals surface area contributed by atoms with E-state index in [1.54, 1.807) is 19.2 Å². The Labute approximate surface area is 148 Å². The third-order valence-corrected chi connectivity index (χ3v) is 4.82. The second-order valence-electron chi connectivity index (χ2n) is 5.33. The van der Waals surface area contributed by atoms with Crippen LogP contribution < -0.4 is 20.5 Å². The van der Waals surface area contributed by atoms with E-state index in [9.17, 15) is 8.42 Å². The molecule has 2 rings (SSSR count). The van der Waals surface area contributed by atoms with E-state index in [0.717, 1.165) is 17.0 Å². The van der Waals surface area contributed by atoms with Crippen LogP contribution in [0.15, 0.2) is 53.5 Å². The normalized spacial score (nSPS) is 12.0. The zero-order valence-corrected chi connectivity index (χ0v) is 15.0. The second-order valence-corrected chi connectivity index (χ2v) is 7.26. The number of hydrogen-bond donors (Lipinski definition) is 3.